The lowest BCUT2D eigenvalue weighted by Gasteiger charge is -2.37. The van der Waals surface area contributed by atoms with E-state index in [1.807, 2.05) is 4.90 Å². The van der Waals surface area contributed by atoms with Crippen LogP contribution in [0, 0.1) is 0 Å². The highest BCUT2D eigenvalue weighted by Gasteiger charge is 2.34. The molecular formula is C18H33N3O2. The molecule has 3 rings (SSSR count). The normalized spacial score (nSPS) is 24.0. The van der Waals surface area contributed by atoms with Crippen LogP contribution in [0.15, 0.2) is 0 Å². The lowest BCUT2D eigenvalue weighted by Crippen LogP contribution is -2.51. The molecule has 2 aliphatic carbocycles. The number of carbonyl (C=O) groups is 1. The van der Waals surface area contributed by atoms with Crippen molar-refractivity contribution in [3.8, 4) is 0 Å². The highest BCUT2D eigenvalue weighted by molar-refractivity contribution is 5.75. The van der Waals surface area contributed by atoms with Crippen LogP contribution < -0.4 is 5.32 Å². The first-order chi connectivity index (χ1) is 11.3. The molecule has 0 radical (unpaired) electrons. The molecule has 0 spiro atoms. The monoisotopic (exact) mass is 323 g/mol. The van der Waals surface area contributed by atoms with Crippen LogP contribution in [0.1, 0.15) is 64.2 Å². The number of nitrogens with one attached hydrogen (secondary N) is 1. The van der Waals surface area contributed by atoms with Gasteiger partial charge in [-0.1, -0.05) is 12.8 Å². The quantitative estimate of drug-likeness (QED) is 0.707. The van der Waals surface area contributed by atoms with Gasteiger partial charge in [-0.25, -0.2) is 4.79 Å². The molecule has 0 aromatic carbocycles. The number of piperidine rings is 1. The van der Waals surface area contributed by atoms with Crippen LogP contribution in [0.3, 0.4) is 0 Å². The van der Waals surface area contributed by atoms with Gasteiger partial charge in [-0.2, -0.15) is 0 Å². The van der Waals surface area contributed by atoms with E-state index in [0.29, 0.717) is 12.1 Å². The van der Waals surface area contributed by atoms with E-state index in [-0.39, 0.29) is 12.6 Å². The summed E-state index contributed by atoms with van der Waals surface area (Å²) in [6.45, 7) is 3.30. The number of urea groups is 1. The fourth-order valence-corrected chi connectivity index (χ4v) is 4.17. The van der Waals surface area contributed by atoms with Crippen molar-refractivity contribution in [1.82, 2.24) is 15.1 Å². The Hall–Kier alpha value is -0.810. The van der Waals surface area contributed by atoms with Gasteiger partial charge in [0.15, 0.2) is 0 Å². The maximum atomic E-state index is 12.6. The van der Waals surface area contributed by atoms with Crippen molar-refractivity contribution in [3.63, 3.8) is 0 Å². The van der Waals surface area contributed by atoms with Gasteiger partial charge in [0.05, 0.1) is 0 Å². The first-order valence-corrected chi connectivity index (χ1v) is 9.70. The number of aliphatic hydroxyl groups excluding tert-OH is 1. The van der Waals surface area contributed by atoms with Crippen molar-refractivity contribution < 1.29 is 9.90 Å². The standard InChI is InChI=1S/C18H33N3O2/c22-14-4-3-11-21(17-7-8-17)18(23)19-15-9-12-20(13-10-15)16-5-1-2-6-16/h15-17,22H,1-14H2,(H,19,23). The third-order valence-electron chi connectivity index (χ3n) is 5.75. The SMILES string of the molecule is O=C(NC1CCN(C2CCCC2)CC1)N(CCCCO)C1CC1. The molecule has 132 valence electrons. The molecule has 0 aromatic rings. The minimum absolute atomic E-state index is 0.129. The van der Waals surface area contributed by atoms with Gasteiger partial charge in [-0.05, 0) is 51.4 Å². The van der Waals surface area contributed by atoms with Crippen LogP contribution in [0.25, 0.3) is 0 Å². The van der Waals surface area contributed by atoms with Crippen LogP contribution in [0.2, 0.25) is 0 Å². The first kappa shape index (κ1) is 17.0. The summed E-state index contributed by atoms with van der Waals surface area (Å²) in [5.74, 6) is 0. The molecule has 2 N–H and O–H groups in total. The Labute approximate surface area is 140 Å². The number of amides is 2. The summed E-state index contributed by atoms with van der Waals surface area (Å²) >= 11 is 0. The smallest absolute Gasteiger partial charge is 0.317 e. The van der Waals surface area contributed by atoms with E-state index in [2.05, 4.69) is 10.2 Å². The topological polar surface area (TPSA) is 55.8 Å². The maximum Gasteiger partial charge on any atom is 0.317 e. The number of rotatable bonds is 7. The molecule has 5 nitrogen and oxygen atoms in total. The maximum absolute atomic E-state index is 12.6. The Bertz CT molecular complexity index is 372. The average molecular weight is 323 g/mol. The minimum atomic E-state index is 0.129. The summed E-state index contributed by atoms with van der Waals surface area (Å²) in [6.07, 6.45) is 11.7. The van der Waals surface area contributed by atoms with Crippen molar-refractivity contribution in [1.29, 1.82) is 0 Å². The lowest BCUT2D eigenvalue weighted by molar-refractivity contribution is 0.139. The van der Waals surface area contributed by atoms with Crippen molar-refractivity contribution in [2.45, 2.75) is 82.3 Å². The molecule has 1 heterocycles. The Kier molecular flexibility index (Phi) is 6.17. The number of unbranched alkanes of at least 4 members (excludes halogenated alkanes) is 1. The van der Waals surface area contributed by atoms with Gasteiger partial charge in [0.1, 0.15) is 0 Å². The highest BCUT2D eigenvalue weighted by Crippen LogP contribution is 2.28. The zero-order chi connectivity index (χ0) is 16.1. The van der Waals surface area contributed by atoms with Gasteiger partial charge in [0, 0.05) is 44.4 Å². The van der Waals surface area contributed by atoms with Gasteiger partial charge < -0.3 is 20.2 Å². The predicted octanol–water partition coefficient (Wildman–Crippen LogP) is 2.34. The minimum Gasteiger partial charge on any atom is -0.396 e. The number of likely N-dealkylation sites (tertiary alicyclic amines) is 1. The molecule has 0 atom stereocenters. The van der Waals surface area contributed by atoms with E-state index in [9.17, 15) is 4.79 Å². The molecule has 3 fully saturated rings. The molecule has 0 bridgehead atoms. The molecule has 2 amide bonds. The molecular weight excluding hydrogens is 290 g/mol. The number of carbonyl (C=O) groups excluding carboxylic acids is 1. The molecule has 1 aliphatic heterocycles. The summed E-state index contributed by atoms with van der Waals surface area (Å²) in [5.41, 5.74) is 0. The van der Waals surface area contributed by atoms with Gasteiger partial charge in [0.2, 0.25) is 0 Å². The van der Waals surface area contributed by atoms with Crippen LogP contribution in [0.5, 0.6) is 0 Å². The zero-order valence-electron chi connectivity index (χ0n) is 14.4. The van der Waals surface area contributed by atoms with E-state index in [4.69, 9.17) is 5.11 Å². The van der Waals surface area contributed by atoms with Crippen LogP contribution in [-0.4, -0.2) is 65.3 Å². The summed E-state index contributed by atoms with van der Waals surface area (Å²) in [5, 5.41) is 12.2. The predicted molar refractivity (Wildman–Crippen MR) is 91.4 cm³/mol. The molecule has 0 aromatic heterocycles. The second-order valence-corrected chi connectivity index (χ2v) is 7.55. The van der Waals surface area contributed by atoms with Crippen LogP contribution >= 0.6 is 0 Å². The number of hydrogen-bond acceptors (Lipinski definition) is 3. The van der Waals surface area contributed by atoms with E-state index < -0.39 is 0 Å². The van der Waals surface area contributed by atoms with Crippen LogP contribution in [-0.2, 0) is 0 Å². The van der Waals surface area contributed by atoms with Crippen molar-refractivity contribution in [3.05, 3.63) is 0 Å². The number of nitrogens with zero attached hydrogens (tertiary/aromatic N) is 2. The molecule has 2 saturated carbocycles. The molecule has 0 unspecified atom stereocenters. The van der Waals surface area contributed by atoms with Gasteiger partial charge in [-0.15, -0.1) is 0 Å². The highest BCUT2D eigenvalue weighted by atomic mass is 16.3. The average Bonchev–Trinajstić information content (AvgIpc) is 3.25. The molecule has 1 saturated heterocycles. The van der Waals surface area contributed by atoms with Crippen LogP contribution in [0.4, 0.5) is 4.79 Å². The third kappa shape index (κ3) is 4.83. The Morgan fingerprint density at radius 3 is 2.35 bits per heavy atom. The lowest BCUT2D eigenvalue weighted by atomic mass is 10.0. The van der Waals surface area contributed by atoms with Gasteiger partial charge in [0.25, 0.3) is 0 Å². The summed E-state index contributed by atoms with van der Waals surface area (Å²) < 4.78 is 0. The second-order valence-electron chi connectivity index (χ2n) is 7.55. The van der Waals surface area contributed by atoms with Crippen molar-refractivity contribution >= 4 is 6.03 Å². The molecule has 3 aliphatic rings. The van der Waals surface area contributed by atoms with E-state index in [1.165, 1.54) is 25.7 Å². The Balaban J connectivity index is 1.40. The number of hydrogen-bond donors (Lipinski definition) is 2. The fraction of sp³-hybridized carbons (Fsp3) is 0.944. The summed E-state index contributed by atoms with van der Waals surface area (Å²) in [7, 11) is 0. The Morgan fingerprint density at radius 1 is 1.04 bits per heavy atom. The van der Waals surface area contributed by atoms with E-state index >= 15 is 0 Å². The first-order valence-electron chi connectivity index (χ1n) is 9.70. The summed E-state index contributed by atoms with van der Waals surface area (Å²) in [4.78, 5) is 17.2. The van der Waals surface area contributed by atoms with Gasteiger partial charge in [-0.3, -0.25) is 0 Å². The van der Waals surface area contributed by atoms with Crippen molar-refractivity contribution in [2.24, 2.45) is 0 Å². The van der Waals surface area contributed by atoms with E-state index in [1.54, 1.807) is 0 Å². The molecule has 5 heteroatoms. The largest absolute Gasteiger partial charge is 0.396 e. The fourth-order valence-electron chi connectivity index (χ4n) is 4.17. The van der Waals surface area contributed by atoms with Crippen molar-refractivity contribution in [2.75, 3.05) is 26.2 Å². The van der Waals surface area contributed by atoms with Gasteiger partial charge >= 0.3 is 6.03 Å². The summed E-state index contributed by atoms with van der Waals surface area (Å²) in [6, 6.07) is 1.74. The molecule has 23 heavy (non-hydrogen) atoms. The second kappa shape index (κ2) is 8.34. The third-order valence-corrected chi connectivity index (χ3v) is 5.75. The number of aliphatic hydroxyl groups is 1. The Morgan fingerprint density at radius 2 is 1.74 bits per heavy atom. The zero-order valence-corrected chi connectivity index (χ0v) is 14.4. The van der Waals surface area contributed by atoms with E-state index in [0.717, 1.165) is 64.2 Å².